The Bertz CT molecular complexity index is 666. The first-order valence-corrected chi connectivity index (χ1v) is 10.9. The van der Waals surface area contributed by atoms with Gasteiger partial charge in [-0.05, 0) is 55.7 Å². The van der Waals surface area contributed by atoms with E-state index >= 15 is 0 Å². The van der Waals surface area contributed by atoms with Crippen LogP contribution in [-0.2, 0) is 4.79 Å². The van der Waals surface area contributed by atoms with Crippen LogP contribution >= 0.6 is 0 Å². The predicted octanol–water partition coefficient (Wildman–Crippen LogP) is 3.46. The first-order valence-electron chi connectivity index (χ1n) is 10.9. The minimum absolute atomic E-state index is 0.360. The second-order valence-corrected chi connectivity index (χ2v) is 8.92. The van der Waals surface area contributed by atoms with Crippen LogP contribution in [0.25, 0.3) is 0 Å². The summed E-state index contributed by atoms with van der Waals surface area (Å²) in [5, 5.41) is 0. The van der Waals surface area contributed by atoms with E-state index in [0.717, 1.165) is 51.1 Å². The van der Waals surface area contributed by atoms with Crippen molar-refractivity contribution in [1.82, 2.24) is 9.80 Å². The molecule has 2 atom stereocenters. The van der Waals surface area contributed by atoms with Crippen LogP contribution in [-0.4, -0.2) is 61.5 Å². The molecule has 2 saturated heterocycles. The zero-order chi connectivity index (χ0) is 18.8. The van der Waals surface area contributed by atoms with Crippen molar-refractivity contribution in [3.63, 3.8) is 0 Å². The van der Waals surface area contributed by atoms with Gasteiger partial charge in [-0.15, -0.1) is 0 Å². The Hall–Kier alpha value is -1.55. The SMILES string of the molecule is Cc1cccc(N2CCN(CC(=O)N3CC[C@@H]4CCCC[C@H]4C3)CC2)c1C. The molecule has 1 saturated carbocycles. The third-order valence-electron chi connectivity index (χ3n) is 7.29. The van der Waals surface area contributed by atoms with Crippen molar-refractivity contribution in [3.8, 4) is 0 Å². The number of hydrogen-bond donors (Lipinski definition) is 0. The standard InChI is InChI=1S/C23H35N3O/c1-18-6-5-9-22(19(18)2)25-14-12-24(13-15-25)17-23(27)26-11-10-20-7-3-4-8-21(20)16-26/h5-6,9,20-21H,3-4,7-8,10-17H2,1-2H3/t20-,21-/m0/s1. The molecule has 3 aliphatic rings. The van der Waals surface area contributed by atoms with Gasteiger partial charge in [-0.2, -0.15) is 0 Å². The number of piperazine rings is 1. The monoisotopic (exact) mass is 369 g/mol. The molecule has 4 nitrogen and oxygen atoms in total. The van der Waals surface area contributed by atoms with Gasteiger partial charge >= 0.3 is 0 Å². The lowest BCUT2D eigenvalue weighted by Gasteiger charge is -2.42. The Kier molecular flexibility index (Phi) is 5.72. The van der Waals surface area contributed by atoms with E-state index in [1.54, 1.807) is 0 Å². The molecular weight excluding hydrogens is 334 g/mol. The van der Waals surface area contributed by atoms with Gasteiger partial charge in [-0.1, -0.05) is 31.4 Å². The lowest BCUT2D eigenvalue weighted by molar-refractivity contribution is -0.135. The maximum atomic E-state index is 12.9. The van der Waals surface area contributed by atoms with E-state index in [1.165, 1.54) is 48.9 Å². The fraction of sp³-hybridized carbons (Fsp3) is 0.696. The summed E-state index contributed by atoms with van der Waals surface area (Å²) in [6, 6.07) is 6.57. The molecule has 0 N–H and O–H groups in total. The highest BCUT2D eigenvalue weighted by atomic mass is 16.2. The second-order valence-electron chi connectivity index (χ2n) is 8.92. The number of nitrogens with zero attached hydrogens (tertiary/aromatic N) is 3. The first-order chi connectivity index (χ1) is 13.1. The molecule has 1 aromatic rings. The van der Waals surface area contributed by atoms with Gasteiger partial charge in [0.2, 0.25) is 5.91 Å². The molecule has 2 heterocycles. The molecule has 0 bridgehead atoms. The Labute approximate surface area is 164 Å². The zero-order valence-corrected chi connectivity index (χ0v) is 17.1. The molecule has 3 fully saturated rings. The largest absolute Gasteiger partial charge is 0.369 e. The lowest BCUT2D eigenvalue weighted by Crippen LogP contribution is -2.52. The number of likely N-dealkylation sites (tertiary alicyclic amines) is 1. The van der Waals surface area contributed by atoms with Crippen LogP contribution in [0.4, 0.5) is 5.69 Å². The van der Waals surface area contributed by atoms with Crippen LogP contribution in [0.15, 0.2) is 18.2 Å². The van der Waals surface area contributed by atoms with E-state index in [0.29, 0.717) is 12.5 Å². The highest BCUT2D eigenvalue weighted by molar-refractivity contribution is 5.78. The number of benzene rings is 1. The summed E-state index contributed by atoms with van der Waals surface area (Å²) < 4.78 is 0. The normalized spacial score (nSPS) is 26.7. The molecule has 148 valence electrons. The van der Waals surface area contributed by atoms with Gasteiger partial charge in [0.1, 0.15) is 0 Å². The van der Waals surface area contributed by atoms with Gasteiger partial charge in [0.05, 0.1) is 6.54 Å². The van der Waals surface area contributed by atoms with E-state index in [2.05, 4.69) is 46.7 Å². The number of rotatable bonds is 3. The summed E-state index contributed by atoms with van der Waals surface area (Å²) in [4.78, 5) is 19.9. The molecule has 27 heavy (non-hydrogen) atoms. The molecule has 0 aromatic heterocycles. The van der Waals surface area contributed by atoms with Crippen molar-refractivity contribution < 1.29 is 4.79 Å². The van der Waals surface area contributed by atoms with E-state index in [9.17, 15) is 4.79 Å². The van der Waals surface area contributed by atoms with E-state index in [1.807, 2.05) is 0 Å². The average molecular weight is 370 g/mol. The summed E-state index contributed by atoms with van der Waals surface area (Å²) in [7, 11) is 0. The van der Waals surface area contributed by atoms with Gasteiger partial charge in [-0.3, -0.25) is 9.69 Å². The second kappa shape index (κ2) is 8.22. The maximum Gasteiger partial charge on any atom is 0.236 e. The van der Waals surface area contributed by atoms with Crippen molar-refractivity contribution in [1.29, 1.82) is 0 Å². The van der Waals surface area contributed by atoms with Crippen LogP contribution in [0.3, 0.4) is 0 Å². The summed E-state index contributed by atoms with van der Waals surface area (Å²) in [5.74, 6) is 2.03. The van der Waals surface area contributed by atoms with Crippen molar-refractivity contribution in [2.24, 2.45) is 11.8 Å². The van der Waals surface area contributed by atoms with Gasteiger partial charge in [0.25, 0.3) is 0 Å². The molecule has 0 radical (unpaired) electrons. The molecule has 1 amide bonds. The number of fused-ring (bicyclic) bond motifs is 1. The van der Waals surface area contributed by atoms with Crippen molar-refractivity contribution in [3.05, 3.63) is 29.3 Å². The maximum absolute atomic E-state index is 12.9. The molecule has 1 aliphatic carbocycles. The highest BCUT2D eigenvalue weighted by Gasteiger charge is 2.33. The zero-order valence-electron chi connectivity index (χ0n) is 17.1. The van der Waals surface area contributed by atoms with Gasteiger partial charge in [0, 0.05) is 45.0 Å². The average Bonchev–Trinajstić information content (AvgIpc) is 2.70. The lowest BCUT2D eigenvalue weighted by atomic mass is 9.75. The Morgan fingerprint density at radius 2 is 1.70 bits per heavy atom. The molecule has 2 aliphatic heterocycles. The third-order valence-corrected chi connectivity index (χ3v) is 7.29. The summed E-state index contributed by atoms with van der Waals surface area (Å²) in [6.07, 6.45) is 6.73. The van der Waals surface area contributed by atoms with Gasteiger partial charge < -0.3 is 9.80 Å². The van der Waals surface area contributed by atoms with Crippen LogP contribution in [0, 0.1) is 25.7 Å². The van der Waals surface area contributed by atoms with E-state index in [-0.39, 0.29) is 0 Å². The number of piperidine rings is 1. The van der Waals surface area contributed by atoms with Crippen LogP contribution < -0.4 is 4.90 Å². The number of carbonyl (C=O) groups is 1. The summed E-state index contributed by atoms with van der Waals surface area (Å²) in [6.45, 7) is 11.0. The van der Waals surface area contributed by atoms with Gasteiger partial charge in [0.15, 0.2) is 0 Å². The number of anilines is 1. The van der Waals surface area contributed by atoms with E-state index in [4.69, 9.17) is 0 Å². The summed E-state index contributed by atoms with van der Waals surface area (Å²) >= 11 is 0. The smallest absolute Gasteiger partial charge is 0.236 e. The minimum Gasteiger partial charge on any atom is -0.369 e. The molecule has 4 rings (SSSR count). The predicted molar refractivity (Wildman–Crippen MR) is 111 cm³/mol. The van der Waals surface area contributed by atoms with Crippen LogP contribution in [0.5, 0.6) is 0 Å². The van der Waals surface area contributed by atoms with Crippen LogP contribution in [0.1, 0.15) is 43.2 Å². The Morgan fingerprint density at radius 3 is 2.48 bits per heavy atom. The Morgan fingerprint density at radius 1 is 0.963 bits per heavy atom. The number of hydrogen-bond acceptors (Lipinski definition) is 3. The summed E-state index contributed by atoms with van der Waals surface area (Å²) in [5.41, 5.74) is 4.11. The minimum atomic E-state index is 0.360. The molecule has 0 spiro atoms. The molecule has 0 unspecified atom stereocenters. The van der Waals surface area contributed by atoms with Crippen LogP contribution in [0.2, 0.25) is 0 Å². The third kappa shape index (κ3) is 4.16. The highest BCUT2D eigenvalue weighted by Crippen LogP contribution is 2.36. The number of aryl methyl sites for hydroxylation is 1. The van der Waals surface area contributed by atoms with Crippen molar-refractivity contribution in [2.75, 3.05) is 50.7 Å². The van der Waals surface area contributed by atoms with Gasteiger partial charge in [-0.25, -0.2) is 0 Å². The first kappa shape index (κ1) is 18.8. The van der Waals surface area contributed by atoms with Crippen molar-refractivity contribution in [2.45, 2.75) is 46.0 Å². The quantitative estimate of drug-likeness (QED) is 0.816. The number of amides is 1. The number of carbonyl (C=O) groups excluding carboxylic acids is 1. The fourth-order valence-corrected chi connectivity index (χ4v) is 5.34. The Balaban J connectivity index is 1.28. The molecule has 1 aromatic carbocycles. The van der Waals surface area contributed by atoms with E-state index < -0.39 is 0 Å². The molecular formula is C23H35N3O. The van der Waals surface area contributed by atoms with Crippen molar-refractivity contribution >= 4 is 11.6 Å². The molecule has 4 heteroatoms. The fourth-order valence-electron chi connectivity index (χ4n) is 5.34. The topological polar surface area (TPSA) is 26.8 Å².